The van der Waals surface area contributed by atoms with Crippen molar-refractivity contribution in [2.24, 2.45) is 5.92 Å². The number of aryl methyl sites for hydroxylation is 2. The molecule has 1 atom stereocenters. The Kier molecular flexibility index (Phi) is 5.46. The van der Waals surface area contributed by atoms with Gasteiger partial charge in [0, 0.05) is 19.1 Å². The maximum absolute atomic E-state index is 4.65. The van der Waals surface area contributed by atoms with Gasteiger partial charge in [-0.15, -0.1) is 0 Å². The molecule has 1 saturated carbocycles. The molecular formula is C15H26BrN3. The SMILES string of the molecule is CCc1nn(CC)c(CNC(CC)CC2CC2)c1Br. The summed E-state index contributed by atoms with van der Waals surface area (Å²) in [6, 6.07) is 0.657. The second kappa shape index (κ2) is 6.89. The van der Waals surface area contributed by atoms with E-state index in [0.29, 0.717) is 6.04 Å². The van der Waals surface area contributed by atoms with Crippen LogP contribution in [0.4, 0.5) is 0 Å². The summed E-state index contributed by atoms with van der Waals surface area (Å²) < 4.78 is 3.32. The van der Waals surface area contributed by atoms with Gasteiger partial charge in [-0.1, -0.05) is 26.7 Å². The van der Waals surface area contributed by atoms with Crippen LogP contribution in [-0.4, -0.2) is 15.8 Å². The van der Waals surface area contributed by atoms with Gasteiger partial charge >= 0.3 is 0 Å². The van der Waals surface area contributed by atoms with Gasteiger partial charge in [0.2, 0.25) is 0 Å². The molecule has 1 aliphatic rings. The van der Waals surface area contributed by atoms with Crippen molar-refractivity contribution in [3.63, 3.8) is 0 Å². The summed E-state index contributed by atoms with van der Waals surface area (Å²) in [5, 5.41) is 8.37. The smallest absolute Gasteiger partial charge is 0.0767 e. The van der Waals surface area contributed by atoms with Gasteiger partial charge in [0.25, 0.3) is 0 Å². The van der Waals surface area contributed by atoms with Crippen molar-refractivity contribution in [2.45, 2.75) is 72.0 Å². The molecule has 0 spiro atoms. The first kappa shape index (κ1) is 15.0. The molecule has 1 heterocycles. The van der Waals surface area contributed by atoms with Gasteiger partial charge < -0.3 is 5.32 Å². The molecule has 108 valence electrons. The molecule has 0 aromatic carbocycles. The number of aromatic nitrogens is 2. The molecule has 1 aromatic heterocycles. The van der Waals surface area contributed by atoms with Crippen LogP contribution in [0.3, 0.4) is 0 Å². The summed E-state index contributed by atoms with van der Waals surface area (Å²) in [5.41, 5.74) is 2.47. The van der Waals surface area contributed by atoms with E-state index in [1.165, 1.54) is 41.5 Å². The van der Waals surface area contributed by atoms with E-state index < -0.39 is 0 Å². The van der Waals surface area contributed by atoms with Gasteiger partial charge in [0.1, 0.15) is 0 Å². The van der Waals surface area contributed by atoms with Gasteiger partial charge in [-0.25, -0.2) is 0 Å². The standard InChI is InChI=1S/C15H26BrN3/c1-4-12(9-11-7-8-11)17-10-14-15(16)13(5-2)18-19(14)6-3/h11-12,17H,4-10H2,1-3H3. The Morgan fingerprint density at radius 1 is 1.37 bits per heavy atom. The van der Waals surface area contributed by atoms with Crippen molar-refractivity contribution >= 4 is 15.9 Å². The summed E-state index contributed by atoms with van der Waals surface area (Å²) in [6.07, 6.45) is 6.42. The van der Waals surface area contributed by atoms with Crippen LogP contribution < -0.4 is 5.32 Å². The molecule has 3 nitrogen and oxygen atoms in total. The van der Waals surface area contributed by atoms with Crippen molar-refractivity contribution in [3.8, 4) is 0 Å². The maximum Gasteiger partial charge on any atom is 0.0767 e. The predicted octanol–water partition coefficient (Wildman–Crippen LogP) is 3.90. The molecule has 0 amide bonds. The van der Waals surface area contributed by atoms with E-state index in [9.17, 15) is 0 Å². The summed E-state index contributed by atoms with van der Waals surface area (Å²) in [7, 11) is 0. The third-order valence-corrected chi connectivity index (χ3v) is 4.98. The first-order valence-corrected chi connectivity index (χ1v) is 8.46. The quantitative estimate of drug-likeness (QED) is 0.784. The molecule has 1 fully saturated rings. The van der Waals surface area contributed by atoms with Crippen LogP contribution >= 0.6 is 15.9 Å². The molecule has 1 unspecified atom stereocenters. The van der Waals surface area contributed by atoms with E-state index in [4.69, 9.17) is 0 Å². The van der Waals surface area contributed by atoms with Crippen molar-refractivity contribution < 1.29 is 0 Å². The fourth-order valence-corrected chi connectivity index (χ4v) is 3.28. The van der Waals surface area contributed by atoms with E-state index in [0.717, 1.165) is 25.4 Å². The Hall–Kier alpha value is -0.350. The summed E-state index contributed by atoms with van der Waals surface area (Å²) in [5.74, 6) is 0.989. The largest absolute Gasteiger partial charge is 0.308 e. The van der Waals surface area contributed by atoms with Crippen LogP contribution in [0.2, 0.25) is 0 Å². The number of nitrogens with zero attached hydrogens (tertiary/aromatic N) is 2. The monoisotopic (exact) mass is 327 g/mol. The number of rotatable bonds is 8. The molecule has 19 heavy (non-hydrogen) atoms. The zero-order chi connectivity index (χ0) is 13.8. The number of hydrogen-bond donors (Lipinski definition) is 1. The average molecular weight is 328 g/mol. The minimum atomic E-state index is 0.657. The molecule has 1 aliphatic carbocycles. The fourth-order valence-electron chi connectivity index (χ4n) is 2.58. The highest BCUT2D eigenvalue weighted by molar-refractivity contribution is 9.10. The third-order valence-electron chi connectivity index (χ3n) is 4.06. The zero-order valence-corrected chi connectivity index (χ0v) is 14.0. The van der Waals surface area contributed by atoms with Crippen LogP contribution in [0.5, 0.6) is 0 Å². The number of nitrogens with one attached hydrogen (secondary N) is 1. The maximum atomic E-state index is 4.65. The van der Waals surface area contributed by atoms with Crippen molar-refractivity contribution in [1.29, 1.82) is 0 Å². The highest BCUT2D eigenvalue weighted by atomic mass is 79.9. The summed E-state index contributed by atoms with van der Waals surface area (Å²) in [4.78, 5) is 0. The van der Waals surface area contributed by atoms with Crippen LogP contribution in [-0.2, 0) is 19.5 Å². The second-order valence-corrected chi connectivity index (χ2v) is 6.33. The lowest BCUT2D eigenvalue weighted by atomic mass is 10.1. The molecule has 0 aliphatic heterocycles. The van der Waals surface area contributed by atoms with E-state index in [1.807, 2.05) is 0 Å². The minimum absolute atomic E-state index is 0.657. The van der Waals surface area contributed by atoms with E-state index in [2.05, 4.69) is 51.8 Å². The zero-order valence-electron chi connectivity index (χ0n) is 12.4. The fraction of sp³-hybridized carbons (Fsp3) is 0.800. The molecule has 1 N–H and O–H groups in total. The number of hydrogen-bond acceptors (Lipinski definition) is 2. The molecule has 1 aromatic rings. The van der Waals surface area contributed by atoms with Gasteiger partial charge in [-0.3, -0.25) is 4.68 Å². The van der Waals surface area contributed by atoms with E-state index >= 15 is 0 Å². The van der Waals surface area contributed by atoms with Crippen molar-refractivity contribution in [3.05, 3.63) is 15.9 Å². The van der Waals surface area contributed by atoms with Gasteiger partial charge in [-0.2, -0.15) is 5.10 Å². The molecule has 2 rings (SSSR count). The molecule has 0 saturated heterocycles. The van der Waals surface area contributed by atoms with Crippen LogP contribution in [0.1, 0.15) is 57.8 Å². The van der Waals surface area contributed by atoms with Crippen LogP contribution in [0, 0.1) is 5.92 Å². The summed E-state index contributed by atoms with van der Waals surface area (Å²) >= 11 is 3.71. The lowest BCUT2D eigenvalue weighted by Gasteiger charge is -2.17. The van der Waals surface area contributed by atoms with Gasteiger partial charge in [0.15, 0.2) is 0 Å². The predicted molar refractivity (Wildman–Crippen MR) is 83.2 cm³/mol. The van der Waals surface area contributed by atoms with Crippen LogP contribution in [0.15, 0.2) is 4.47 Å². The minimum Gasteiger partial charge on any atom is -0.308 e. The number of halogens is 1. The highest BCUT2D eigenvalue weighted by Gasteiger charge is 2.25. The normalized spacial score (nSPS) is 16.8. The molecular weight excluding hydrogens is 302 g/mol. The van der Waals surface area contributed by atoms with Crippen LogP contribution in [0.25, 0.3) is 0 Å². The summed E-state index contributed by atoms with van der Waals surface area (Å²) in [6.45, 7) is 8.46. The van der Waals surface area contributed by atoms with E-state index in [-0.39, 0.29) is 0 Å². The molecule has 4 heteroatoms. The highest BCUT2D eigenvalue weighted by Crippen LogP contribution is 2.34. The van der Waals surface area contributed by atoms with Gasteiger partial charge in [0.05, 0.1) is 15.9 Å². The molecule has 0 radical (unpaired) electrons. The first-order chi connectivity index (χ1) is 9.19. The molecule has 0 bridgehead atoms. The van der Waals surface area contributed by atoms with Crippen molar-refractivity contribution in [1.82, 2.24) is 15.1 Å². The van der Waals surface area contributed by atoms with E-state index in [1.54, 1.807) is 0 Å². The third kappa shape index (κ3) is 3.82. The average Bonchev–Trinajstić information content (AvgIpc) is 3.19. The van der Waals surface area contributed by atoms with Gasteiger partial charge in [-0.05, 0) is 48.0 Å². The Morgan fingerprint density at radius 3 is 2.63 bits per heavy atom. The topological polar surface area (TPSA) is 29.9 Å². The lowest BCUT2D eigenvalue weighted by molar-refractivity contribution is 0.433. The Balaban J connectivity index is 1.98. The Bertz CT molecular complexity index is 410. The first-order valence-electron chi connectivity index (χ1n) is 7.66. The Labute approximate surface area is 125 Å². The Morgan fingerprint density at radius 2 is 2.11 bits per heavy atom. The van der Waals surface area contributed by atoms with Crippen molar-refractivity contribution in [2.75, 3.05) is 0 Å². The second-order valence-electron chi connectivity index (χ2n) is 5.54. The lowest BCUT2D eigenvalue weighted by Crippen LogP contribution is -2.29.